The van der Waals surface area contributed by atoms with Crippen LogP contribution in [-0.4, -0.2) is 7.28 Å². The fourth-order valence-corrected chi connectivity index (χ4v) is 11.2. The molecule has 68 heavy (non-hydrogen) atoms. The maximum atomic E-state index is 4.03. The first-order chi connectivity index (χ1) is 32.7. The lowest BCUT2D eigenvalue weighted by Crippen LogP contribution is -2.41. The topological polar surface area (TPSA) is 15.3 Å². The third-order valence-corrected chi connectivity index (χ3v) is 15.4. The number of hydrogen-bond acceptors (Lipinski definition) is 2. The molecule has 339 valence electrons. The number of anilines is 5. The molecule has 2 aliphatic rings. The van der Waals surface area contributed by atoms with Crippen molar-refractivity contribution in [2.24, 2.45) is 0 Å². The van der Waals surface area contributed by atoms with E-state index in [0.29, 0.717) is 0 Å². The molecule has 10 rings (SSSR count). The fraction of sp³-hybridized carbons (Fsp3) is 0.262. The molecule has 0 bridgehead atoms. The molecule has 0 spiro atoms. The average molecular weight is 886 g/mol. The molecule has 8 aromatic carbocycles. The molecule has 1 radical (unpaired) electrons. The molecule has 1 aliphatic heterocycles. The Bertz CT molecular complexity index is 3190. The summed E-state index contributed by atoms with van der Waals surface area (Å²) in [6.07, 6.45) is 5.85. The molecule has 0 aromatic heterocycles. The molecule has 0 amide bonds. The Morgan fingerprint density at radius 3 is 1.90 bits per heavy atom. The number of unbranched alkanes of at least 4 members (excludes halogenated alkanes) is 1. The Morgan fingerprint density at radius 1 is 0.544 bits per heavy atom. The minimum atomic E-state index is 0.0904. The van der Waals surface area contributed by atoms with E-state index in [4.69, 9.17) is 0 Å². The number of aryl methyl sites for hydroxylation is 5. The third-order valence-electron chi connectivity index (χ3n) is 15.4. The second-order valence-electron chi connectivity index (χ2n) is 21.2. The van der Waals surface area contributed by atoms with Crippen molar-refractivity contribution in [3.63, 3.8) is 0 Å². The molecular weight excluding hydrogens is 820 g/mol. The molecular formula is C65H66BN2. The van der Waals surface area contributed by atoms with Gasteiger partial charge in [0.2, 0.25) is 0 Å². The van der Waals surface area contributed by atoms with Gasteiger partial charge in [-0.25, -0.2) is 0 Å². The van der Waals surface area contributed by atoms with Crippen LogP contribution in [0.4, 0.5) is 28.4 Å². The highest BCUT2D eigenvalue weighted by Gasteiger charge is 2.38. The highest BCUT2D eigenvalue weighted by molar-refractivity contribution is 6.73. The molecule has 2 nitrogen and oxygen atoms in total. The van der Waals surface area contributed by atoms with Gasteiger partial charge in [-0.2, -0.15) is 0 Å². The van der Waals surface area contributed by atoms with Crippen molar-refractivity contribution in [2.75, 3.05) is 10.2 Å². The van der Waals surface area contributed by atoms with Crippen LogP contribution in [0.2, 0.25) is 0 Å². The zero-order valence-corrected chi connectivity index (χ0v) is 42.0. The van der Waals surface area contributed by atoms with Gasteiger partial charge in [0.1, 0.15) is 0 Å². The van der Waals surface area contributed by atoms with E-state index in [1.807, 2.05) is 0 Å². The van der Waals surface area contributed by atoms with Gasteiger partial charge in [0, 0.05) is 34.0 Å². The van der Waals surface area contributed by atoms with Crippen molar-refractivity contribution < 1.29 is 0 Å². The van der Waals surface area contributed by atoms with Gasteiger partial charge in [0.25, 0.3) is 0 Å². The van der Waals surface area contributed by atoms with Crippen LogP contribution in [0.1, 0.15) is 105 Å². The lowest BCUT2D eigenvalue weighted by atomic mass is 9.57. The molecule has 1 aliphatic carbocycles. The second-order valence-corrected chi connectivity index (χ2v) is 21.2. The average Bonchev–Trinajstić information content (AvgIpc) is 3.33. The van der Waals surface area contributed by atoms with E-state index in [0.717, 1.165) is 17.8 Å². The Kier molecular flexibility index (Phi) is 11.9. The summed E-state index contributed by atoms with van der Waals surface area (Å²) in [5, 5.41) is 4.03. The van der Waals surface area contributed by atoms with Crippen LogP contribution in [0.25, 0.3) is 44.5 Å². The summed E-state index contributed by atoms with van der Waals surface area (Å²) in [7, 11) is 2.47. The highest BCUT2D eigenvalue weighted by Crippen LogP contribution is 2.50. The van der Waals surface area contributed by atoms with Gasteiger partial charge in [-0.15, -0.1) is 0 Å². The SMILES string of the molecule is CCCCc1ccc(N2c3ccc(C)cc3[B]c3c2cc(-c2ccccc2C)c(C)c3-c2cc(-c3cc4c(cc3C)C(C)(C)CCC4(C)C)c(C)cc2Nc2ccc(-c3ccccc3)cc2)cc1. The van der Waals surface area contributed by atoms with Crippen LogP contribution in [0.3, 0.4) is 0 Å². The summed E-state index contributed by atoms with van der Waals surface area (Å²) >= 11 is 0. The maximum Gasteiger partial charge on any atom is 0.197 e. The number of hydrogen-bond donors (Lipinski definition) is 1. The minimum Gasteiger partial charge on any atom is -0.355 e. The summed E-state index contributed by atoms with van der Waals surface area (Å²) in [6, 6.07) is 57.3. The quantitative estimate of drug-likeness (QED) is 0.138. The predicted octanol–water partition coefficient (Wildman–Crippen LogP) is 16.8. The van der Waals surface area contributed by atoms with Crippen molar-refractivity contribution in [2.45, 2.75) is 112 Å². The molecule has 8 aromatic rings. The Hall–Kier alpha value is -6.58. The molecule has 0 saturated carbocycles. The van der Waals surface area contributed by atoms with Gasteiger partial charge in [-0.05, 0) is 203 Å². The first-order valence-corrected chi connectivity index (χ1v) is 25.0. The normalized spacial score (nSPS) is 14.4. The van der Waals surface area contributed by atoms with E-state index in [-0.39, 0.29) is 10.8 Å². The summed E-state index contributed by atoms with van der Waals surface area (Å²) in [6.45, 7) is 23.5. The number of rotatable bonds is 10. The number of nitrogens with zero attached hydrogens (tertiary/aromatic N) is 1. The summed E-state index contributed by atoms with van der Waals surface area (Å²) in [4.78, 5) is 2.53. The van der Waals surface area contributed by atoms with Crippen LogP contribution >= 0.6 is 0 Å². The molecule has 0 saturated heterocycles. The monoisotopic (exact) mass is 886 g/mol. The van der Waals surface area contributed by atoms with Gasteiger partial charge in [-0.1, -0.05) is 155 Å². The third kappa shape index (κ3) is 8.29. The Balaban J connectivity index is 1.25. The second kappa shape index (κ2) is 17.8. The Labute approximate surface area is 407 Å². The van der Waals surface area contributed by atoms with Crippen LogP contribution in [0.5, 0.6) is 0 Å². The van der Waals surface area contributed by atoms with Crippen molar-refractivity contribution >= 4 is 46.6 Å². The zero-order valence-electron chi connectivity index (χ0n) is 42.0. The smallest absolute Gasteiger partial charge is 0.197 e. The highest BCUT2D eigenvalue weighted by atomic mass is 15.1. The van der Waals surface area contributed by atoms with Crippen LogP contribution in [0.15, 0.2) is 152 Å². The number of fused-ring (bicyclic) bond motifs is 3. The van der Waals surface area contributed by atoms with E-state index in [1.165, 1.54) is 143 Å². The van der Waals surface area contributed by atoms with E-state index >= 15 is 0 Å². The van der Waals surface area contributed by atoms with Gasteiger partial charge < -0.3 is 10.2 Å². The van der Waals surface area contributed by atoms with Crippen molar-refractivity contribution in [1.29, 1.82) is 0 Å². The standard InChI is InChI=1S/C65H66BN2/c1-11-12-19-46-24-30-50(31-25-46)68-60-32-23-41(2)35-58(60)66-63-61(68)40-54(51-22-17-16-18-42(51)3)45(6)62(63)55-38-52(53-39-57-56(36-43(53)4)64(7,8)33-34-65(57,9)10)44(5)37-59(55)67-49-28-26-48(27-29-49)47-20-14-13-15-21-47/h13-18,20-32,35-40,67H,11-12,19,33-34H2,1-10H3. The fourth-order valence-electron chi connectivity index (χ4n) is 11.2. The van der Waals surface area contributed by atoms with Gasteiger partial charge in [-0.3, -0.25) is 0 Å². The van der Waals surface area contributed by atoms with E-state index < -0.39 is 0 Å². The Morgan fingerprint density at radius 2 is 1.19 bits per heavy atom. The first-order valence-electron chi connectivity index (χ1n) is 25.0. The molecule has 0 atom stereocenters. The van der Waals surface area contributed by atoms with Crippen molar-refractivity contribution in [3.05, 3.63) is 196 Å². The molecule has 1 heterocycles. The van der Waals surface area contributed by atoms with Crippen LogP contribution in [0, 0.1) is 34.6 Å². The minimum absolute atomic E-state index is 0.0904. The zero-order chi connectivity index (χ0) is 47.5. The maximum absolute atomic E-state index is 4.03. The molecule has 0 fully saturated rings. The molecule has 1 N–H and O–H groups in total. The van der Waals surface area contributed by atoms with Crippen molar-refractivity contribution in [3.8, 4) is 44.5 Å². The van der Waals surface area contributed by atoms with Crippen LogP contribution < -0.4 is 21.1 Å². The van der Waals surface area contributed by atoms with E-state index in [9.17, 15) is 0 Å². The molecule has 3 heteroatoms. The number of nitrogens with one attached hydrogen (secondary N) is 1. The van der Waals surface area contributed by atoms with Gasteiger partial charge >= 0.3 is 0 Å². The van der Waals surface area contributed by atoms with Crippen LogP contribution in [-0.2, 0) is 17.3 Å². The lowest BCUT2D eigenvalue weighted by molar-refractivity contribution is 0.332. The first kappa shape index (κ1) is 45.2. The summed E-state index contributed by atoms with van der Waals surface area (Å²) in [5.74, 6) is 0. The van der Waals surface area contributed by atoms with Gasteiger partial charge in [0.05, 0.1) is 0 Å². The summed E-state index contributed by atoms with van der Waals surface area (Å²) in [5.41, 5.74) is 29.1. The largest absolute Gasteiger partial charge is 0.355 e. The van der Waals surface area contributed by atoms with E-state index in [1.54, 1.807) is 0 Å². The molecule has 0 unspecified atom stereocenters. The number of benzene rings is 8. The van der Waals surface area contributed by atoms with Gasteiger partial charge in [0.15, 0.2) is 7.28 Å². The summed E-state index contributed by atoms with van der Waals surface area (Å²) < 4.78 is 0. The van der Waals surface area contributed by atoms with E-state index in [2.05, 4.69) is 238 Å². The lowest BCUT2D eigenvalue weighted by Gasteiger charge is -2.42. The van der Waals surface area contributed by atoms with Crippen molar-refractivity contribution in [1.82, 2.24) is 0 Å². The predicted molar refractivity (Wildman–Crippen MR) is 295 cm³/mol.